The van der Waals surface area contributed by atoms with Crippen LogP contribution in [0.2, 0.25) is 0 Å². The molecule has 3 heterocycles. The second-order valence-corrected chi connectivity index (χ2v) is 5.38. The highest BCUT2D eigenvalue weighted by Gasteiger charge is 2.49. The van der Waals surface area contributed by atoms with E-state index < -0.39 is 0 Å². The molecule has 1 aliphatic carbocycles. The molecule has 1 aromatic heterocycles. The van der Waals surface area contributed by atoms with Crippen LogP contribution in [0.3, 0.4) is 0 Å². The van der Waals surface area contributed by atoms with Crippen LogP contribution >= 0.6 is 0 Å². The molecular weight excluding hydrogens is 270 g/mol. The predicted molar refractivity (Wildman–Crippen MR) is 73.1 cm³/mol. The van der Waals surface area contributed by atoms with Crippen molar-refractivity contribution in [1.82, 2.24) is 0 Å². The first-order valence-corrected chi connectivity index (χ1v) is 7.10. The number of benzene rings is 1. The summed E-state index contributed by atoms with van der Waals surface area (Å²) in [6.45, 7) is 2.89. The lowest BCUT2D eigenvalue weighted by molar-refractivity contribution is -0.732. The third-order valence-corrected chi connectivity index (χ3v) is 4.48. The van der Waals surface area contributed by atoms with E-state index >= 15 is 0 Å². The van der Waals surface area contributed by atoms with Crippen molar-refractivity contribution in [2.75, 3.05) is 6.61 Å². The van der Waals surface area contributed by atoms with Gasteiger partial charge < -0.3 is 17.1 Å². The molecule has 0 N–H and O–H groups in total. The number of nitrogens with zero attached hydrogens (tertiary/aromatic N) is 1. The van der Waals surface area contributed by atoms with Gasteiger partial charge in [0.2, 0.25) is 0 Å². The number of hydrogen-bond acceptors (Lipinski definition) is 1. The van der Waals surface area contributed by atoms with Crippen molar-refractivity contribution in [3.8, 4) is 0 Å². The van der Waals surface area contributed by atoms with Crippen molar-refractivity contribution < 1.29 is 21.7 Å². The van der Waals surface area contributed by atoms with Gasteiger partial charge >= 0.3 is 0 Å². The van der Waals surface area contributed by atoms with Crippen LogP contribution in [0, 0.1) is 0 Å². The SMILES string of the molecule is CCOC1CC2c3ccccc3C1c1cccc[n+]12.[Cl-]. The highest BCUT2D eigenvalue weighted by molar-refractivity contribution is 5.42. The highest BCUT2D eigenvalue weighted by Crippen LogP contribution is 2.45. The molecule has 0 saturated heterocycles. The minimum atomic E-state index is 0. The van der Waals surface area contributed by atoms with Crippen LogP contribution in [-0.2, 0) is 4.74 Å². The molecule has 0 fully saturated rings. The molecule has 2 aromatic rings. The van der Waals surface area contributed by atoms with Gasteiger partial charge in [-0.05, 0) is 12.5 Å². The summed E-state index contributed by atoms with van der Waals surface area (Å²) < 4.78 is 8.45. The fraction of sp³-hybridized carbons (Fsp3) is 0.353. The normalized spacial score (nSPS) is 25.6. The Morgan fingerprint density at radius 3 is 2.65 bits per heavy atom. The third kappa shape index (κ3) is 1.79. The van der Waals surface area contributed by atoms with E-state index in [1.54, 1.807) is 0 Å². The summed E-state index contributed by atoms with van der Waals surface area (Å²) in [5.74, 6) is 0.391. The van der Waals surface area contributed by atoms with E-state index in [9.17, 15) is 0 Å². The maximum atomic E-state index is 6.02. The molecule has 2 nitrogen and oxygen atoms in total. The summed E-state index contributed by atoms with van der Waals surface area (Å²) in [4.78, 5) is 0. The van der Waals surface area contributed by atoms with E-state index in [1.165, 1.54) is 16.8 Å². The second-order valence-electron chi connectivity index (χ2n) is 5.38. The number of ether oxygens (including phenoxy) is 1. The standard InChI is InChI=1S/C17H18NO.ClH/c1-2-19-16-11-15-12-7-3-4-8-13(12)17(16)14-9-5-6-10-18(14)15;/h3-10,15-17H,2,11H2,1H3;1H/q+1;/p-1. The molecule has 0 amide bonds. The Morgan fingerprint density at radius 2 is 1.85 bits per heavy atom. The Kier molecular flexibility index (Phi) is 3.53. The number of hydrogen-bond donors (Lipinski definition) is 0. The second kappa shape index (κ2) is 5.19. The van der Waals surface area contributed by atoms with Gasteiger partial charge in [-0.2, -0.15) is 4.57 Å². The fourth-order valence-corrected chi connectivity index (χ4v) is 3.79. The van der Waals surface area contributed by atoms with E-state index in [0.29, 0.717) is 18.1 Å². The number of halogens is 1. The lowest BCUT2D eigenvalue weighted by Crippen LogP contribution is -3.00. The molecule has 3 aliphatic rings. The first-order valence-electron chi connectivity index (χ1n) is 7.10. The summed E-state index contributed by atoms with van der Waals surface area (Å²) in [5, 5.41) is 0. The lowest BCUT2D eigenvalue weighted by atomic mass is 9.72. The Morgan fingerprint density at radius 1 is 1.10 bits per heavy atom. The first-order chi connectivity index (χ1) is 9.40. The van der Waals surface area contributed by atoms with Crippen LogP contribution in [0.4, 0.5) is 0 Å². The molecule has 1 aromatic carbocycles. The van der Waals surface area contributed by atoms with Crippen molar-refractivity contribution in [3.63, 3.8) is 0 Å². The van der Waals surface area contributed by atoms with Crippen LogP contribution in [0.25, 0.3) is 0 Å². The topological polar surface area (TPSA) is 13.1 Å². The van der Waals surface area contributed by atoms with Gasteiger partial charge in [0, 0.05) is 30.7 Å². The van der Waals surface area contributed by atoms with Crippen molar-refractivity contribution in [2.24, 2.45) is 0 Å². The largest absolute Gasteiger partial charge is 1.00 e. The third-order valence-electron chi connectivity index (χ3n) is 4.48. The van der Waals surface area contributed by atoms with Gasteiger partial charge in [0.1, 0.15) is 0 Å². The van der Waals surface area contributed by atoms with Crippen LogP contribution in [0.15, 0.2) is 48.7 Å². The van der Waals surface area contributed by atoms with Crippen molar-refractivity contribution in [1.29, 1.82) is 0 Å². The van der Waals surface area contributed by atoms with Gasteiger partial charge in [-0.1, -0.05) is 30.3 Å². The molecule has 3 heteroatoms. The minimum Gasteiger partial charge on any atom is -1.00 e. The predicted octanol–water partition coefficient (Wildman–Crippen LogP) is -0.178. The fourth-order valence-electron chi connectivity index (χ4n) is 3.79. The number of rotatable bonds is 2. The average molecular weight is 288 g/mol. The number of aromatic nitrogens is 1. The zero-order chi connectivity index (χ0) is 12.8. The Balaban J connectivity index is 0.00000121. The average Bonchev–Trinajstić information content (AvgIpc) is 2.48. The molecule has 104 valence electrons. The van der Waals surface area contributed by atoms with Crippen LogP contribution in [0.1, 0.15) is 42.1 Å². The van der Waals surface area contributed by atoms with Gasteiger partial charge in [0.25, 0.3) is 0 Å². The van der Waals surface area contributed by atoms with E-state index in [0.717, 1.165) is 13.0 Å². The molecule has 3 atom stereocenters. The van der Waals surface area contributed by atoms with Crippen molar-refractivity contribution >= 4 is 0 Å². The number of pyridine rings is 1. The van der Waals surface area contributed by atoms with Gasteiger partial charge in [0.15, 0.2) is 17.9 Å². The Hall–Kier alpha value is -1.38. The zero-order valence-corrected chi connectivity index (χ0v) is 12.3. The van der Waals surface area contributed by atoms with Gasteiger partial charge in [0.05, 0.1) is 12.0 Å². The van der Waals surface area contributed by atoms with E-state index in [2.05, 4.69) is 60.2 Å². The molecule has 20 heavy (non-hydrogen) atoms. The summed E-state index contributed by atoms with van der Waals surface area (Å²) in [6, 6.07) is 15.8. The van der Waals surface area contributed by atoms with Gasteiger partial charge in [-0.15, -0.1) is 0 Å². The van der Waals surface area contributed by atoms with E-state index in [4.69, 9.17) is 4.74 Å². The van der Waals surface area contributed by atoms with E-state index in [-0.39, 0.29) is 12.4 Å². The summed E-state index contributed by atoms with van der Waals surface area (Å²) in [5.41, 5.74) is 4.34. The molecule has 5 rings (SSSR count). The maximum Gasteiger partial charge on any atom is 0.192 e. The summed E-state index contributed by atoms with van der Waals surface area (Å²) in [7, 11) is 0. The van der Waals surface area contributed by atoms with Crippen LogP contribution in [0.5, 0.6) is 0 Å². The maximum absolute atomic E-state index is 6.02. The highest BCUT2D eigenvalue weighted by atomic mass is 35.5. The molecule has 0 spiro atoms. The Bertz CT molecular complexity index is 580. The van der Waals surface area contributed by atoms with Crippen molar-refractivity contribution in [3.05, 3.63) is 65.5 Å². The quantitative estimate of drug-likeness (QED) is 0.699. The summed E-state index contributed by atoms with van der Waals surface area (Å²) >= 11 is 0. The Labute approximate surface area is 125 Å². The lowest BCUT2D eigenvalue weighted by Gasteiger charge is -2.39. The molecular formula is C17H18ClNO. The summed E-state index contributed by atoms with van der Waals surface area (Å²) in [6.07, 6.45) is 3.63. The molecule has 2 bridgehead atoms. The van der Waals surface area contributed by atoms with Crippen LogP contribution < -0.4 is 17.0 Å². The monoisotopic (exact) mass is 287 g/mol. The number of fused-ring (bicyclic) bond motifs is 1. The molecule has 0 radical (unpaired) electrons. The van der Waals surface area contributed by atoms with Gasteiger partial charge in [-0.25, -0.2) is 0 Å². The molecule has 0 saturated carbocycles. The molecule has 2 aliphatic heterocycles. The van der Waals surface area contributed by atoms with E-state index in [1.807, 2.05) is 0 Å². The minimum absolute atomic E-state index is 0. The smallest absolute Gasteiger partial charge is 0.192 e. The zero-order valence-electron chi connectivity index (χ0n) is 11.5. The first kappa shape index (κ1) is 13.6. The molecule has 3 unspecified atom stereocenters. The van der Waals surface area contributed by atoms with Gasteiger partial charge in [-0.3, -0.25) is 0 Å². The van der Waals surface area contributed by atoms with Crippen LogP contribution in [-0.4, -0.2) is 12.7 Å². The van der Waals surface area contributed by atoms with Crippen molar-refractivity contribution in [2.45, 2.75) is 31.4 Å².